The van der Waals surface area contributed by atoms with E-state index in [4.69, 9.17) is 16.7 Å². The van der Waals surface area contributed by atoms with Gasteiger partial charge in [0.15, 0.2) is 0 Å². The molecule has 0 aliphatic heterocycles. The molecule has 0 atom stereocenters. The van der Waals surface area contributed by atoms with E-state index in [0.29, 0.717) is 57.2 Å². The normalized spacial score (nSPS) is 11.8. The molecule has 1 amide bonds. The number of aromatic nitrogens is 2. The number of hydrogen-bond acceptors (Lipinski definition) is 5. The van der Waals surface area contributed by atoms with E-state index in [-0.39, 0.29) is 22.9 Å². The van der Waals surface area contributed by atoms with Gasteiger partial charge < -0.3 is 5.32 Å². The van der Waals surface area contributed by atoms with Crippen LogP contribution in [0.1, 0.15) is 76.4 Å². The van der Waals surface area contributed by atoms with Crippen molar-refractivity contribution in [1.82, 2.24) is 14.5 Å². The average Bonchev–Trinajstić information content (AvgIpc) is 3.33. The van der Waals surface area contributed by atoms with Crippen LogP contribution in [0, 0.1) is 17.1 Å². The SMILES string of the molecule is CCCCc1nn(-c2cc(NC(=O)CC)ccc2Cl)c(C#N)c1Cc1ccc(-c2ccccc2S(=O)(=O)NC(C)(C)C)cc1F. The summed E-state index contributed by atoms with van der Waals surface area (Å²) in [6.07, 6.45) is 2.66. The van der Waals surface area contributed by atoms with Crippen molar-refractivity contribution in [2.45, 2.75) is 77.2 Å². The van der Waals surface area contributed by atoms with Crippen molar-refractivity contribution in [2.75, 3.05) is 5.32 Å². The van der Waals surface area contributed by atoms with Crippen molar-refractivity contribution in [3.05, 3.63) is 94.0 Å². The summed E-state index contributed by atoms with van der Waals surface area (Å²) in [5, 5.41) is 18.2. The van der Waals surface area contributed by atoms with E-state index >= 15 is 4.39 Å². The molecule has 2 N–H and O–H groups in total. The molecule has 4 rings (SSSR count). The zero-order valence-corrected chi connectivity index (χ0v) is 27.6. The van der Waals surface area contributed by atoms with Gasteiger partial charge in [-0.1, -0.05) is 62.2 Å². The van der Waals surface area contributed by atoms with Crippen LogP contribution >= 0.6 is 11.6 Å². The first-order valence-corrected chi connectivity index (χ1v) is 16.7. The monoisotopic (exact) mass is 649 g/mol. The predicted octanol–water partition coefficient (Wildman–Crippen LogP) is 7.56. The van der Waals surface area contributed by atoms with Gasteiger partial charge in [0.2, 0.25) is 15.9 Å². The topological polar surface area (TPSA) is 117 Å². The first kappa shape index (κ1) is 33.8. The molecule has 0 bridgehead atoms. The molecule has 236 valence electrons. The third-order valence-electron chi connectivity index (χ3n) is 7.07. The van der Waals surface area contributed by atoms with Gasteiger partial charge >= 0.3 is 0 Å². The van der Waals surface area contributed by atoms with Crippen LogP contribution in [0.2, 0.25) is 5.02 Å². The van der Waals surface area contributed by atoms with Crippen LogP contribution in [-0.4, -0.2) is 29.6 Å². The molecular weight excluding hydrogens is 613 g/mol. The van der Waals surface area contributed by atoms with Crippen molar-refractivity contribution < 1.29 is 17.6 Å². The number of benzene rings is 3. The number of nitrogens with one attached hydrogen (secondary N) is 2. The molecule has 4 aromatic rings. The summed E-state index contributed by atoms with van der Waals surface area (Å²) in [5.74, 6) is -0.706. The maximum absolute atomic E-state index is 15.8. The summed E-state index contributed by atoms with van der Waals surface area (Å²) in [6, 6.07) is 18.3. The second kappa shape index (κ2) is 13.9. The highest BCUT2D eigenvalue weighted by Crippen LogP contribution is 2.32. The summed E-state index contributed by atoms with van der Waals surface area (Å²) >= 11 is 6.55. The zero-order chi connectivity index (χ0) is 32.9. The van der Waals surface area contributed by atoms with Gasteiger partial charge in [-0.25, -0.2) is 22.2 Å². The van der Waals surface area contributed by atoms with Gasteiger partial charge in [-0.05, 0) is 75.1 Å². The summed E-state index contributed by atoms with van der Waals surface area (Å²) in [4.78, 5) is 12.1. The van der Waals surface area contributed by atoms with Crippen molar-refractivity contribution in [3.8, 4) is 22.9 Å². The van der Waals surface area contributed by atoms with Crippen LogP contribution in [0.3, 0.4) is 0 Å². The third-order valence-corrected chi connectivity index (χ3v) is 9.20. The lowest BCUT2D eigenvalue weighted by atomic mass is 9.97. The molecule has 3 aromatic carbocycles. The molecule has 0 fully saturated rings. The van der Waals surface area contributed by atoms with E-state index in [1.165, 1.54) is 16.8 Å². The van der Waals surface area contributed by atoms with Gasteiger partial charge in [0.1, 0.15) is 17.6 Å². The summed E-state index contributed by atoms with van der Waals surface area (Å²) in [7, 11) is -3.88. The molecular formula is C34H37ClFN5O3S. The number of amides is 1. The minimum atomic E-state index is -3.88. The van der Waals surface area contributed by atoms with Gasteiger partial charge in [-0.3, -0.25) is 4.79 Å². The van der Waals surface area contributed by atoms with Crippen molar-refractivity contribution in [1.29, 1.82) is 5.26 Å². The van der Waals surface area contributed by atoms with E-state index < -0.39 is 21.4 Å². The van der Waals surface area contributed by atoms with Gasteiger partial charge in [0.25, 0.3) is 0 Å². The largest absolute Gasteiger partial charge is 0.326 e. The Labute approximate surface area is 269 Å². The number of nitriles is 1. The van der Waals surface area contributed by atoms with Crippen LogP contribution in [0.5, 0.6) is 0 Å². The Morgan fingerprint density at radius 1 is 1.09 bits per heavy atom. The molecule has 0 saturated heterocycles. The highest BCUT2D eigenvalue weighted by molar-refractivity contribution is 7.89. The number of unbranched alkanes of at least 4 members (excludes halogenated alkanes) is 1. The number of sulfonamides is 1. The molecule has 1 heterocycles. The number of anilines is 1. The number of hydrogen-bond donors (Lipinski definition) is 2. The minimum Gasteiger partial charge on any atom is -0.326 e. The predicted molar refractivity (Wildman–Crippen MR) is 176 cm³/mol. The molecule has 0 radical (unpaired) electrons. The number of halogens is 2. The average molecular weight is 650 g/mol. The number of rotatable bonds is 11. The van der Waals surface area contributed by atoms with Gasteiger partial charge in [-0.2, -0.15) is 10.4 Å². The number of aryl methyl sites for hydroxylation is 1. The second-order valence-electron chi connectivity index (χ2n) is 11.8. The maximum Gasteiger partial charge on any atom is 0.241 e. The number of nitrogens with zero attached hydrogens (tertiary/aromatic N) is 3. The van der Waals surface area contributed by atoms with Crippen molar-refractivity contribution in [3.63, 3.8) is 0 Å². The lowest BCUT2D eigenvalue weighted by molar-refractivity contribution is -0.115. The van der Waals surface area contributed by atoms with E-state index in [1.807, 2.05) is 6.92 Å². The summed E-state index contributed by atoms with van der Waals surface area (Å²) in [6.45, 7) is 9.05. The fourth-order valence-electron chi connectivity index (χ4n) is 4.96. The molecule has 8 nitrogen and oxygen atoms in total. The molecule has 11 heteroatoms. The smallest absolute Gasteiger partial charge is 0.241 e. The second-order valence-corrected chi connectivity index (χ2v) is 13.9. The molecule has 0 saturated carbocycles. The minimum absolute atomic E-state index is 0.0520. The first-order valence-electron chi connectivity index (χ1n) is 14.8. The van der Waals surface area contributed by atoms with Crippen LogP contribution < -0.4 is 10.0 Å². The molecule has 0 aliphatic carbocycles. The van der Waals surface area contributed by atoms with Crippen LogP contribution in [0.25, 0.3) is 16.8 Å². The zero-order valence-electron chi connectivity index (χ0n) is 26.0. The fraction of sp³-hybridized carbons (Fsp3) is 0.324. The van der Waals surface area contributed by atoms with E-state index in [9.17, 15) is 18.5 Å². The van der Waals surface area contributed by atoms with Gasteiger partial charge in [0, 0.05) is 35.2 Å². The van der Waals surface area contributed by atoms with Gasteiger partial charge in [-0.15, -0.1) is 0 Å². The van der Waals surface area contributed by atoms with Crippen LogP contribution in [-0.2, 0) is 27.7 Å². The van der Waals surface area contributed by atoms with E-state index in [0.717, 1.165) is 12.8 Å². The third kappa shape index (κ3) is 7.98. The van der Waals surface area contributed by atoms with E-state index in [1.54, 1.807) is 76.2 Å². The van der Waals surface area contributed by atoms with Crippen LogP contribution in [0.4, 0.5) is 10.1 Å². The molecule has 45 heavy (non-hydrogen) atoms. The highest BCUT2D eigenvalue weighted by atomic mass is 35.5. The number of carbonyl (C=O) groups is 1. The number of carbonyl (C=O) groups excluding carboxylic acids is 1. The van der Waals surface area contributed by atoms with Crippen molar-refractivity contribution in [2.24, 2.45) is 0 Å². The lowest BCUT2D eigenvalue weighted by Gasteiger charge is -2.21. The quantitative estimate of drug-likeness (QED) is 0.174. The Morgan fingerprint density at radius 2 is 1.82 bits per heavy atom. The fourth-order valence-corrected chi connectivity index (χ4v) is 6.81. The first-order chi connectivity index (χ1) is 21.3. The Morgan fingerprint density at radius 3 is 2.47 bits per heavy atom. The van der Waals surface area contributed by atoms with Crippen molar-refractivity contribution >= 4 is 33.2 Å². The molecule has 0 unspecified atom stereocenters. The van der Waals surface area contributed by atoms with Gasteiger partial charge in [0.05, 0.1) is 21.3 Å². The molecule has 1 aromatic heterocycles. The summed E-state index contributed by atoms with van der Waals surface area (Å²) in [5.41, 5.74) is 2.79. The Kier molecular flexibility index (Phi) is 10.5. The Hall–Kier alpha value is -4.04. The molecule has 0 aliphatic rings. The standard InChI is InChI=1S/C34H37ClFN5O3S/c1-6-8-12-29-26(31(21-37)41(39-29)30-20-24(16-17-27(30)35)38-33(42)7-2)18-23-15-14-22(19-28(23)36)25-11-9-10-13-32(25)45(43,44)40-34(3,4)5/h9-11,13-17,19-20,40H,6-8,12,18H2,1-5H3,(H,38,42). The Balaban J connectivity index is 1.76. The van der Waals surface area contributed by atoms with Crippen LogP contribution in [0.15, 0.2) is 65.6 Å². The van der Waals surface area contributed by atoms with E-state index in [2.05, 4.69) is 16.1 Å². The lowest BCUT2D eigenvalue weighted by Crippen LogP contribution is -2.40. The maximum atomic E-state index is 15.8. The summed E-state index contributed by atoms with van der Waals surface area (Å²) < 4.78 is 46.3. The molecule has 0 spiro atoms. The highest BCUT2D eigenvalue weighted by Gasteiger charge is 2.26. The Bertz CT molecular complexity index is 1870.